The van der Waals surface area contributed by atoms with Crippen molar-refractivity contribution in [2.24, 2.45) is 11.3 Å². The topological polar surface area (TPSA) is 18.5 Å². The van der Waals surface area contributed by atoms with Gasteiger partial charge in [0.05, 0.1) is 0 Å². The van der Waals surface area contributed by atoms with Crippen molar-refractivity contribution in [3.8, 4) is 0 Å². The molecule has 0 aliphatic carbocycles. The van der Waals surface area contributed by atoms with Crippen LogP contribution in [0.1, 0.15) is 47.0 Å². The molecule has 1 aliphatic rings. The van der Waals surface area contributed by atoms with Crippen molar-refractivity contribution in [1.82, 2.24) is 15.1 Å². The van der Waals surface area contributed by atoms with Gasteiger partial charge in [-0.25, -0.2) is 0 Å². The second-order valence-electron chi connectivity index (χ2n) is 7.68. The standard InChI is InChI=1S/C17H37N3/c1-7-17(4,13-18-11-15(2)3)14-20-10-8-9-16(12-20)19(5)6/h15-16,18H,7-14H2,1-6H3. The molecule has 3 heteroatoms. The Morgan fingerprint density at radius 1 is 1.35 bits per heavy atom. The minimum absolute atomic E-state index is 0.406. The molecule has 1 N–H and O–H groups in total. The smallest absolute Gasteiger partial charge is 0.0217 e. The fraction of sp³-hybridized carbons (Fsp3) is 1.00. The molecule has 0 amide bonds. The zero-order valence-electron chi connectivity index (χ0n) is 14.7. The van der Waals surface area contributed by atoms with E-state index >= 15 is 0 Å². The normalized spacial score (nSPS) is 24.3. The summed E-state index contributed by atoms with van der Waals surface area (Å²) in [5, 5.41) is 3.66. The Morgan fingerprint density at radius 3 is 2.60 bits per heavy atom. The minimum atomic E-state index is 0.406. The molecule has 1 rings (SSSR count). The summed E-state index contributed by atoms with van der Waals surface area (Å²) in [7, 11) is 4.44. The van der Waals surface area contributed by atoms with Crippen LogP contribution in [0.5, 0.6) is 0 Å². The highest BCUT2D eigenvalue weighted by Gasteiger charge is 2.28. The molecule has 0 aromatic carbocycles. The van der Waals surface area contributed by atoms with Crippen molar-refractivity contribution in [1.29, 1.82) is 0 Å². The van der Waals surface area contributed by atoms with Crippen molar-refractivity contribution in [2.75, 3.05) is 46.8 Å². The lowest BCUT2D eigenvalue weighted by atomic mass is 9.85. The molecule has 1 saturated heterocycles. The summed E-state index contributed by atoms with van der Waals surface area (Å²) in [5.41, 5.74) is 0.406. The van der Waals surface area contributed by atoms with Crippen molar-refractivity contribution in [3.05, 3.63) is 0 Å². The molecule has 20 heavy (non-hydrogen) atoms. The van der Waals surface area contributed by atoms with Gasteiger partial charge in [-0.1, -0.05) is 27.7 Å². The first-order valence-electron chi connectivity index (χ1n) is 8.46. The highest BCUT2D eigenvalue weighted by Crippen LogP contribution is 2.24. The molecule has 0 spiro atoms. The minimum Gasteiger partial charge on any atom is -0.316 e. The van der Waals surface area contributed by atoms with Gasteiger partial charge in [-0.3, -0.25) is 0 Å². The lowest BCUT2D eigenvalue weighted by Crippen LogP contribution is -2.50. The number of likely N-dealkylation sites (N-methyl/N-ethyl adjacent to an activating group) is 1. The van der Waals surface area contributed by atoms with E-state index in [2.05, 4.69) is 56.9 Å². The van der Waals surface area contributed by atoms with Crippen LogP contribution in [0.15, 0.2) is 0 Å². The van der Waals surface area contributed by atoms with Crippen molar-refractivity contribution >= 4 is 0 Å². The predicted molar refractivity (Wildman–Crippen MR) is 89.3 cm³/mol. The van der Waals surface area contributed by atoms with E-state index in [1.807, 2.05) is 0 Å². The molecule has 1 fully saturated rings. The molecule has 2 unspecified atom stereocenters. The van der Waals surface area contributed by atoms with E-state index in [9.17, 15) is 0 Å². The lowest BCUT2D eigenvalue weighted by molar-refractivity contribution is 0.0876. The van der Waals surface area contributed by atoms with E-state index in [4.69, 9.17) is 0 Å². The van der Waals surface area contributed by atoms with E-state index in [0.717, 1.165) is 25.0 Å². The molecule has 1 aliphatic heterocycles. The molecule has 120 valence electrons. The summed E-state index contributed by atoms with van der Waals surface area (Å²) >= 11 is 0. The zero-order valence-corrected chi connectivity index (χ0v) is 14.7. The van der Waals surface area contributed by atoms with Gasteiger partial charge < -0.3 is 15.1 Å². The average Bonchev–Trinajstić information content (AvgIpc) is 2.38. The van der Waals surface area contributed by atoms with Crippen LogP contribution < -0.4 is 5.32 Å². The van der Waals surface area contributed by atoms with Crippen molar-refractivity contribution < 1.29 is 0 Å². The summed E-state index contributed by atoms with van der Waals surface area (Å²) < 4.78 is 0. The van der Waals surface area contributed by atoms with Gasteiger partial charge >= 0.3 is 0 Å². The monoisotopic (exact) mass is 283 g/mol. The third kappa shape index (κ3) is 6.11. The number of likely N-dealkylation sites (tertiary alicyclic amines) is 1. The first-order chi connectivity index (χ1) is 9.36. The summed E-state index contributed by atoms with van der Waals surface area (Å²) in [6.07, 6.45) is 3.96. The quantitative estimate of drug-likeness (QED) is 0.739. The van der Waals surface area contributed by atoms with Crippen LogP contribution in [0, 0.1) is 11.3 Å². The van der Waals surface area contributed by atoms with Crippen LogP contribution in [0.2, 0.25) is 0 Å². The molecule has 0 saturated carbocycles. The first kappa shape index (κ1) is 17.9. The SMILES string of the molecule is CCC(C)(CNCC(C)C)CN1CCCC(N(C)C)C1. The van der Waals surface area contributed by atoms with Gasteiger partial charge in [-0.05, 0) is 57.8 Å². The maximum Gasteiger partial charge on any atom is 0.0217 e. The van der Waals surface area contributed by atoms with Crippen LogP contribution in [0.25, 0.3) is 0 Å². The van der Waals surface area contributed by atoms with Gasteiger partial charge in [-0.15, -0.1) is 0 Å². The molecule has 0 aromatic rings. The molecular formula is C17H37N3. The van der Waals surface area contributed by atoms with E-state index in [1.54, 1.807) is 0 Å². The summed E-state index contributed by atoms with van der Waals surface area (Å²) in [6.45, 7) is 15.4. The Hall–Kier alpha value is -0.120. The summed E-state index contributed by atoms with van der Waals surface area (Å²) in [5.74, 6) is 0.740. The van der Waals surface area contributed by atoms with Gasteiger partial charge in [0.2, 0.25) is 0 Å². The zero-order chi connectivity index (χ0) is 15.2. The van der Waals surface area contributed by atoms with Gasteiger partial charge in [0.15, 0.2) is 0 Å². The molecule has 3 nitrogen and oxygen atoms in total. The van der Waals surface area contributed by atoms with Crippen molar-refractivity contribution in [2.45, 2.75) is 53.0 Å². The van der Waals surface area contributed by atoms with Gasteiger partial charge in [-0.2, -0.15) is 0 Å². The Kier molecular flexibility index (Phi) is 7.49. The maximum atomic E-state index is 3.66. The van der Waals surface area contributed by atoms with Crippen molar-refractivity contribution in [3.63, 3.8) is 0 Å². The van der Waals surface area contributed by atoms with Crippen LogP contribution in [-0.4, -0.2) is 62.7 Å². The van der Waals surface area contributed by atoms with Gasteiger partial charge in [0.1, 0.15) is 0 Å². The molecule has 1 heterocycles. The predicted octanol–water partition coefficient (Wildman–Crippen LogP) is 2.67. The number of piperidine rings is 1. The van der Waals surface area contributed by atoms with E-state index in [0.29, 0.717) is 5.41 Å². The number of rotatable bonds is 8. The largest absolute Gasteiger partial charge is 0.316 e. The first-order valence-corrected chi connectivity index (χ1v) is 8.46. The lowest BCUT2D eigenvalue weighted by Gasteiger charge is -2.41. The second-order valence-corrected chi connectivity index (χ2v) is 7.68. The number of nitrogens with zero attached hydrogens (tertiary/aromatic N) is 2. The van der Waals surface area contributed by atoms with E-state index < -0.39 is 0 Å². The van der Waals surface area contributed by atoms with Crippen LogP contribution in [-0.2, 0) is 0 Å². The van der Waals surface area contributed by atoms with Gasteiger partial charge in [0, 0.05) is 25.7 Å². The van der Waals surface area contributed by atoms with Crippen LogP contribution in [0.4, 0.5) is 0 Å². The molecule has 0 radical (unpaired) electrons. The fourth-order valence-electron chi connectivity index (χ4n) is 3.09. The van der Waals surface area contributed by atoms with Crippen LogP contribution in [0.3, 0.4) is 0 Å². The molecule has 0 aromatic heterocycles. The maximum absolute atomic E-state index is 3.66. The number of hydrogen-bond donors (Lipinski definition) is 1. The van der Waals surface area contributed by atoms with E-state index in [1.165, 1.54) is 38.9 Å². The molecule has 0 bridgehead atoms. The Morgan fingerprint density at radius 2 is 2.05 bits per heavy atom. The number of hydrogen-bond acceptors (Lipinski definition) is 3. The third-order valence-corrected chi connectivity index (χ3v) is 4.77. The Balaban J connectivity index is 2.45. The summed E-state index contributed by atoms with van der Waals surface area (Å²) in [6, 6.07) is 0.744. The van der Waals surface area contributed by atoms with E-state index in [-0.39, 0.29) is 0 Å². The highest BCUT2D eigenvalue weighted by atomic mass is 15.2. The molecule has 2 atom stereocenters. The van der Waals surface area contributed by atoms with Gasteiger partial charge in [0.25, 0.3) is 0 Å². The fourth-order valence-corrected chi connectivity index (χ4v) is 3.09. The second kappa shape index (κ2) is 8.35. The Labute approximate surface area is 127 Å². The number of nitrogens with one attached hydrogen (secondary N) is 1. The summed E-state index contributed by atoms with van der Waals surface area (Å²) in [4.78, 5) is 5.08. The van der Waals surface area contributed by atoms with Crippen LogP contribution >= 0.6 is 0 Å². The third-order valence-electron chi connectivity index (χ3n) is 4.77. The molecular weight excluding hydrogens is 246 g/mol. The Bertz CT molecular complexity index is 265. The highest BCUT2D eigenvalue weighted by molar-refractivity contribution is 4.85. The average molecular weight is 284 g/mol.